The molecule has 0 saturated carbocycles. The molecule has 1 fully saturated rings. The molecule has 1 saturated heterocycles. The second kappa shape index (κ2) is 3.73. The van der Waals surface area contributed by atoms with Gasteiger partial charge in [-0.15, -0.1) is 0 Å². The summed E-state index contributed by atoms with van der Waals surface area (Å²) in [6, 6.07) is 0. The summed E-state index contributed by atoms with van der Waals surface area (Å²) in [4.78, 5) is 7.90. The van der Waals surface area contributed by atoms with Crippen LogP contribution in [0.5, 0.6) is 0 Å². The third kappa shape index (κ3) is 5.64. The SMILES string of the molecule is CC1(O)OO1.[Ce].[Co]. The van der Waals surface area contributed by atoms with E-state index in [1.165, 1.54) is 6.92 Å². The average molecular weight is 275 g/mol. The van der Waals surface area contributed by atoms with Crippen molar-refractivity contribution in [3.63, 3.8) is 0 Å². The molecule has 1 heterocycles. The minimum atomic E-state index is -1.25. The quantitative estimate of drug-likeness (QED) is 0.484. The Morgan fingerprint density at radius 1 is 1.43 bits per heavy atom. The molecular formula is C2H4CeCoO3. The summed E-state index contributed by atoms with van der Waals surface area (Å²) in [5.41, 5.74) is 0. The fourth-order valence-corrected chi connectivity index (χ4v) is 0.0603. The summed E-state index contributed by atoms with van der Waals surface area (Å²) < 4.78 is 0. The monoisotopic (exact) mass is 275 g/mol. The van der Waals surface area contributed by atoms with E-state index in [0.29, 0.717) is 0 Å². The van der Waals surface area contributed by atoms with E-state index in [9.17, 15) is 0 Å². The first kappa shape index (κ1) is 11.5. The van der Waals surface area contributed by atoms with Gasteiger partial charge in [0.15, 0.2) is 0 Å². The molecule has 0 aromatic heterocycles. The van der Waals surface area contributed by atoms with Crippen molar-refractivity contribution >= 4 is 0 Å². The Morgan fingerprint density at radius 3 is 1.57 bits per heavy atom. The third-order valence-electron chi connectivity index (χ3n) is 0.325. The predicted molar refractivity (Wildman–Crippen MR) is 12.8 cm³/mol. The Morgan fingerprint density at radius 2 is 1.57 bits per heavy atom. The van der Waals surface area contributed by atoms with Crippen LogP contribution in [0.2, 0.25) is 0 Å². The van der Waals surface area contributed by atoms with Crippen LogP contribution < -0.4 is 0 Å². The molecule has 0 atom stereocenters. The molecule has 1 radical (unpaired) electrons. The number of aliphatic hydroxyl groups is 1. The minimum absolute atomic E-state index is 0. The van der Waals surface area contributed by atoms with Crippen LogP contribution in [0.25, 0.3) is 0 Å². The van der Waals surface area contributed by atoms with Crippen LogP contribution in [-0.2, 0) is 26.6 Å². The van der Waals surface area contributed by atoms with Gasteiger partial charge in [0.05, 0.1) is 0 Å². The van der Waals surface area contributed by atoms with E-state index in [-0.39, 0.29) is 58.5 Å². The summed E-state index contributed by atoms with van der Waals surface area (Å²) in [6.07, 6.45) is 0. The first-order chi connectivity index (χ1) is 2.21. The molecule has 0 aromatic rings. The van der Waals surface area contributed by atoms with Gasteiger partial charge >= 0.3 is 5.97 Å². The van der Waals surface area contributed by atoms with Crippen LogP contribution >= 0.6 is 0 Å². The van der Waals surface area contributed by atoms with E-state index in [4.69, 9.17) is 5.11 Å². The van der Waals surface area contributed by atoms with Crippen LogP contribution in [0, 0.1) is 41.7 Å². The summed E-state index contributed by atoms with van der Waals surface area (Å²) in [5, 5.41) is 8.19. The van der Waals surface area contributed by atoms with Crippen molar-refractivity contribution < 1.29 is 73.4 Å². The second-order valence-electron chi connectivity index (χ2n) is 1.06. The van der Waals surface area contributed by atoms with Crippen LogP contribution in [0.1, 0.15) is 6.92 Å². The average Bonchev–Trinajstić information content (AvgIpc) is 1.76. The Labute approximate surface area is 85.3 Å². The third-order valence-corrected chi connectivity index (χ3v) is 0.325. The van der Waals surface area contributed by atoms with Gasteiger partial charge in [-0.3, -0.25) is 0 Å². The van der Waals surface area contributed by atoms with Crippen molar-refractivity contribution in [3.05, 3.63) is 0 Å². The van der Waals surface area contributed by atoms with Gasteiger partial charge in [0.25, 0.3) is 0 Å². The molecular weight excluding hydrogens is 271 g/mol. The normalized spacial score (nSPS) is 21.4. The number of rotatable bonds is 0. The predicted octanol–water partition coefficient (Wildman–Crippen LogP) is -0.388. The molecule has 1 aliphatic rings. The number of hydrogen-bond donors (Lipinski definition) is 1. The van der Waals surface area contributed by atoms with Gasteiger partial charge in [0, 0.05) is 65.4 Å². The van der Waals surface area contributed by atoms with E-state index in [1.54, 1.807) is 0 Å². The topological polar surface area (TPSA) is 45.3 Å². The molecule has 1 rings (SSSR count). The van der Waals surface area contributed by atoms with Crippen molar-refractivity contribution in [2.45, 2.75) is 12.9 Å². The van der Waals surface area contributed by atoms with Gasteiger partial charge in [-0.2, -0.15) is 9.78 Å². The molecule has 0 amide bonds. The van der Waals surface area contributed by atoms with Crippen LogP contribution in [0.4, 0.5) is 0 Å². The van der Waals surface area contributed by atoms with Gasteiger partial charge in [-0.1, -0.05) is 0 Å². The van der Waals surface area contributed by atoms with E-state index < -0.39 is 5.97 Å². The maximum absolute atomic E-state index is 8.19. The zero-order valence-corrected chi connectivity index (χ0v) is 7.78. The minimum Gasteiger partial charge on any atom is -0.340 e. The Bertz CT molecular complexity index is 50.9. The number of hydrogen-bond acceptors (Lipinski definition) is 3. The summed E-state index contributed by atoms with van der Waals surface area (Å²) >= 11 is 0. The van der Waals surface area contributed by atoms with Crippen molar-refractivity contribution in [2.24, 2.45) is 0 Å². The van der Waals surface area contributed by atoms with Gasteiger partial charge in [-0.05, 0) is 0 Å². The zero-order chi connectivity index (χ0) is 3.91. The molecule has 0 aliphatic carbocycles. The largest absolute Gasteiger partial charge is 0.340 e. The summed E-state index contributed by atoms with van der Waals surface area (Å²) in [7, 11) is 0. The van der Waals surface area contributed by atoms with Crippen LogP contribution in [-0.4, -0.2) is 11.1 Å². The van der Waals surface area contributed by atoms with Crippen molar-refractivity contribution in [1.82, 2.24) is 0 Å². The van der Waals surface area contributed by atoms with E-state index >= 15 is 0 Å². The maximum atomic E-state index is 8.19. The van der Waals surface area contributed by atoms with Crippen LogP contribution in [0.3, 0.4) is 0 Å². The molecule has 0 bridgehead atoms. The smallest absolute Gasteiger partial charge is 0.334 e. The molecule has 1 aliphatic heterocycles. The Balaban J connectivity index is 0. The van der Waals surface area contributed by atoms with E-state index in [0.717, 1.165) is 0 Å². The molecule has 43 valence electrons. The molecule has 0 aromatic carbocycles. The molecule has 0 spiro atoms. The van der Waals surface area contributed by atoms with Gasteiger partial charge in [0.2, 0.25) is 0 Å². The molecule has 3 nitrogen and oxygen atoms in total. The summed E-state index contributed by atoms with van der Waals surface area (Å²) in [5.74, 6) is -1.25. The van der Waals surface area contributed by atoms with Gasteiger partial charge in [-0.25, -0.2) is 0 Å². The standard InChI is InChI=1S/C2H4O3.Ce.Co/c1-2(3)4-5-2;;/h3H,1H3;;. The van der Waals surface area contributed by atoms with Crippen LogP contribution in [0.15, 0.2) is 0 Å². The van der Waals surface area contributed by atoms with Gasteiger partial charge in [0.1, 0.15) is 0 Å². The van der Waals surface area contributed by atoms with Crippen molar-refractivity contribution in [3.8, 4) is 0 Å². The Kier molecular flexibility index (Phi) is 6.14. The first-order valence-corrected chi connectivity index (χ1v) is 1.30. The first-order valence-electron chi connectivity index (χ1n) is 1.30. The molecule has 1 N–H and O–H groups in total. The molecule has 0 unspecified atom stereocenters. The molecule has 5 heteroatoms. The Hall–Kier alpha value is 1.76. The van der Waals surface area contributed by atoms with E-state index in [1.807, 2.05) is 0 Å². The van der Waals surface area contributed by atoms with Crippen molar-refractivity contribution in [2.75, 3.05) is 0 Å². The second-order valence-corrected chi connectivity index (χ2v) is 1.06. The van der Waals surface area contributed by atoms with Crippen molar-refractivity contribution in [1.29, 1.82) is 0 Å². The summed E-state index contributed by atoms with van der Waals surface area (Å²) in [6.45, 7) is 1.41. The van der Waals surface area contributed by atoms with E-state index in [2.05, 4.69) is 9.78 Å². The fourth-order valence-electron chi connectivity index (χ4n) is 0.0603. The molecule has 7 heavy (non-hydrogen) atoms. The fraction of sp³-hybridized carbons (Fsp3) is 1.00. The van der Waals surface area contributed by atoms with Gasteiger partial charge < -0.3 is 5.11 Å². The maximum Gasteiger partial charge on any atom is 0.334 e. The zero-order valence-electron chi connectivity index (χ0n) is 3.60.